The molecule has 0 atom stereocenters. The Morgan fingerprint density at radius 3 is 1.45 bits per heavy atom. The predicted molar refractivity (Wildman–Crippen MR) is 25.6 cm³/mol. The molecule has 0 radical (unpaired) electrons. The third kappa shape index (κ3) is 1.79. The molecule has 0 aromatic carbocycles. The Morgan fingerprint density at radius 1 is 1.18 bits per heavy atom. The Kier molecular flexibility index (Phi) is 2.20. The molecule has 0 spiro atoms. The van der Waals surface area contributed by atoms with Crippen LogP contribution in [0.4, 0.5) is 17.6 Å². The van der Waals surface area contributed by atoms with E-state index in [0.717, 1.165) is 0 Å². The Hall–Kier alpha value is -0.410. The minimum atomic E-state index is -6.17. The molecule has 0 unspecified atom stereocenters. The molecule has 0 rings (SSSR count). The molecule has 0 aromatic heterocycles. The van der Waals surface area contributed by atoms with Gasteiger partial charge in [0.2, 0.25) is 0 Å². The molecule has 0 fully saturated rings. The highest BCUT2D eigenvalue weighted by Crippen LogP contribution is 2.33. The van der Waals surface area contributed by atoms with Crippen molar-refractivity contribution in [3.63, 3.8) is 0 Å². The first-order valence-corrected chi connectivity index (χ1v) is 3.45. The van der Waals surface area contributed by atoms with Crippen LogP contribution in [0.25, 0.3) is 0 Å². The predicted octanol–water partition coefficient (Wildman–Crippen LogP) is 0.0185. The standard InChI is InChI=1S/C2H3F4NO3S/c3-1(4,7)2(5,6)11(8,9)10/h7H2,(H,8,9,10). The van der Waals surface area contributed by atoms with Crippen LogP contribution in [0.1, 0.15) is 0 Å². The summed E-state index contributed by atoms with van der Waals surface area (Å²) in [5.41, 5.74) is 3.48. The number of hydrogen-bond acceptors (Lipinski definition) is 3. The maximum atomic E-state index is 11.7. The van der Waals surface area contributed by atoms with Crippen molar-refractivity contribution in [1.82, 2.24) is 0 Å². The van der Waals surface area contributed by atoms with Crippen molar-refractivity contribution < 1.29 is 30.5 Å². The summed E-state index contributed by atoms with van der Waals surface area (Å²) < 4.78 is 73.1. The van der Waals surface area contributed by atoms with Crippen molar-refractivity contribution in [3.05, 3.63) is 0 Å². The van der Waals surface area contributed by atoms with Crippen molar-refractivity contribution in [2.75, 3.05) is 0 Å². The van der Waals surface area contributed by atoms with Crippen molar-refractivity contribution in [1.29, 1.82) is 0 Å². The first-order valence-electron chi connectivity index (χ1n) is 2.01. The van der Waals surface area contributed by atoms with E-state index in [0.29, 0.717) is 0 Å². The fourth-order valence-electron chi connectivity index (χ4n) is 0.172. The summed E-state index contributed by atoms with van der Waals surface area (Å²) in [4.78, 5) is 0. The van der Waals surface area contributed by atoms with Crippen LogP contribution >= 0.6 is 0 Å². The lowest BCUT2D eigenvalue weighted by molar-refractivity contribution is -0.155. The van der Waals surface area contributed by atoms with Crippen molar-refractivity contribution in [2.24, 2.45) is 5.73 Å². The van der Waals surface area contributed by atoms with Crippen LogP contribution in [0, 0.1) is 0 Å². The normalized spacial score (nSPS) is 15.1. The summed E-state index contributed by atoms with van der Waals surface area (Å²) in [6.45, 7) is 0. The van der Waals surface area contributed by atoms with Gasteiger partial charge in [0, 0.05) is 0 Å². The number of hydrogen-bond donors (Lipinski definition) is 2. The van der Waals surface area contributed by atoms with Crippen LogP contribution in [0.2, 0.25) is 0 Å². The zero-order valence-electron chi connectivity index (χ0n) is 4.76. The van der Waals surface area contributed by atoms with E-state index < -0.39 is 21.4 Å². The summed E-state index contributed by atoms with van der Waals surface area (Å²) in [7, 11) is -6.17. The molecule has 0 bridgehead atoms. The van der Waals surface area contributed by atoms with Gasteiger partial charge in [0.05, 0.1) is 0 Å². The first-order chi connectivity index (χ1) is 4.50. The lowest BCUT2D eigenvalue weighted by Crippen LogP contribution is -2.52. The highest BCUT2D eigenvalue weighted by molar-refractivity contribution is 7.87. The van der Waals surface area contributed by atoms with Crippen LogP contribution in [-0.4, -0.2) is 24.3 Å². The Bertz CT molecular complexity index is 241. The number of alkyl halides is 4. The Balaban J connectivity index is 5.08. The molecule has 3 N–H and O–H groups in total. The van der Waals surface area contributed by atoms with Crippen LogP contribution in [0.3, 0.4) is 0 Å². The quantitative estimate of drug-likeness (QED) is 0.371. The van der Waals surface area contributed by atoms with E-state index in [2.05, 4.69) is 5.73 Å². The second-order valence-electron chi connectivity index (χ2n) is 1.61. The fourth-order valence-corrected chi connectivity index (χ4v) is 0.516. The van der Waals surface area contributed by atoms with Gasteiger partial charge in [0.25, 0.3) is 0 Å². The van der Waals surface area contributed by atoms with Crippen LogP contribution < -0.4 is 5.73 Å². The first kappa shape index (κ1) is 10.6. The van der Waals surface area contributed by atoms with E-state index >= 15 is 0 Å². The number of nitrogens with two attached hydrogens (primary N) is 1. The van der Waals surface area contributed by atoms with Gasteiger partial charge in [0.15, 0.2) is 0 Å². The van der Waals surface area contributed by atoms with Gasteiger partial charge in [-0.05, 0) is 0 Å². The topological polar surface area (TPSA) is 80.4 Å². The minimum absolute atomic E-state index is 3.48. The zero-order valence-corrected chi connectivity index (χ0v) is 5.58. The third-order valence-corrected chi connectivity index (χ3v) is 1.63. The highest BCUT2D eigenvalue weighted by Gasteiger charge is 2.63. The van der Waals surface area contributed by atoms with E-state index in [9.17, 15) is 26.0 Å². The van der Waals surface area contributed by atoms with Crippen molar-refractivity contribution in [2.45, 2.75) is 11.3 Å². The summed E-state index contributed by atoms with van der Waals surface area (Å²) in [5.74, 6) is 0. The molecule has 0 aromatic rings. The summed E-state index contributed by atoms with van der Waals surface area (Å²) in [5, 5.41) is -5.65. The zero-order chi connectivity index (χ0) is 9.50. The molecule has 4 nitrogen and oxygen atoms in total. The van der Waals surface area contributed by atoms with Crippen LogP contribution in [0.5, 0.6) is 0 Å². The van der Waals surface area contributed by atoms with Crippen LogP contribution in [-0.2, 0) is 10.1 Å². The third-order valence-electron chi connectivity index (χ3n) is 0.712. The lowest BCUT2D eigenvalue weighted by atomic mass is 10.6. The lowest BCUT2D eigenvalue weighted by Gasteiger charge is -2.18. The smallest absolute Gasteiger partial charge is 0.281 e. The molecule has 0 amide bonds. The van der Waals surface area contributed by atoms with Gasteiger partial charge >= 0.3 is 21.4 Å². The van der Waals surface area contributed by atoms with Gasteiger partial charge in [-0.3, -0.25) is 10.3 Å². The van der Waals surface area contributed by atoms with Gasteiger partial charge in [0.1, 0.15) is 0 Å². The molecule has 68 valence electrons. The average Bonchev–Trinajstić information content (AvgIpc) is 1.58. The Labute approximate surface area is 58.7 Å². The maximum Gasteiger partial charge on any atom is 0.446 e. The molecule has 0 saturated carbocycles. The summed E-state index contributed by atoms with van der Waals surface area (Å²) in [6.07, 6.45) is 0. The summed E-state index contributed by atoms with van der Waals surface area (Å²) >= 11 is 0. The molecular formula is C2H3F4NO3S. The molecule has 0 heterocycles. The number of rotatable bonds is 2. The van der Waals surface area contributed by atoms with Crippen molar-refractivity contribution in [3.8, 4) is 0 Å². The monoisotopic (exact) mass is 197 g/mol. The molecule has 0 aliphatic heterocycles. The van der Waals surface area contributed by atoms with E-state index in [1.54, 1.807) is 0 Å². The fraction of sp³-hybridized carbons (Fsp3) is 1.00. The summed E-state index contributed by atoms with van der Waals surface area (Å²) in [6, 6.07) is -5.29. The second-order valence-corrected chi connectivity index (χ2v) is 3.08. The van der Waals surface area contributed by atoms with Gasteiger partial charge in [-0.1, -0.05) is 0 Å². The van der Waals surface area contributed by atoms with Gasteiger partial charge in [-0.2, -0.15) is 26.0 Å². The average molecular weight is 197 g/mol. The SMILES string of the molecule is NC(F)(F)C(F)(F)S(=O)(=O)O. The molecule has 0 aliphatic carbocycles. The second kappa shape index (κ2) is 2.29. The molecule has 11 heavy (non-hydrogen) atoms. The minimum Gasteiger partial charge on any atom is -0.281 e. The van der Waals surface area contributed by atoms with E-state index in [1.165, 1.54) is 0 Å². The highest BCUT2D eigenvalue weighted by atomic mass is 32.2. The van der Waals surface area contributed by atoms with E-state index in [-0.39, 0.29) is 0 Å². The largest absolute Gasteiger partial charge is 0.446 e. The Morgan fingerprint density at radius 2 is 1.45 bits per heavy atom. The van der Waals surface area contributed by atoms with Crippen LogP contribution in [0.15, 0.2) is 0 Å². The van der Waals surface area contributed by atoms with Crippen molar-refractivity contribution >= 4 is 10.1 Å². The van der Waals surface area contributed by atoms with E-state index in [4.69, 9.17) is 4.55 Å². The maximum absolute atomic E-state index is 11.7. The molecule has 0 aliphatic rings. The van der Waals surface area contributed by atoms with Gasteiger partial charge < -0.3 is 0 Å². The molecule has 9 heteroatoms. The number of halogens is 4. The molecule has 0 saturated heterocycles. The molecular weight excluding hydrogens is 194 g/mol. The van der Waals surface area contributed by atoms with Gasteiger partial charge in [-0.15, -0.1) is 0 Å². The van der Waals surface area contributed by atoms with Gasteiger partial charge in [-0.25, -0.2) is 0 Å². The van der Waals surface area contributed by atoms with E-state index in [1.807, 2.05) is 0 Å².